The van der Waals surface area contributed by atoms with Gasteiger partial charge in [-0.3, -0.25) is 4.79 Å². The minimum Gasteiger partial charge on any atom is -0.493 e. The topological polar surface area (TPSA) is 111 Å². The Bertz CT molecular complexity index is 1060. The highest BCUT2D eigenvalue weighted by molar-refractivity contribution is 7.91. The molecule has 0 radical (unpaired) electrons. The standard InChI is InChI=1S/C18H20FN3O5S/c1-3-22-18(24)13(10-20-22)17(23)12-4-5-15-16(11(12)2)14(21-27-8-7-19)6-9-28(15,25)26/h4-5,10,24H,3,6-9H2,1-2H3/b21-14+. The molecule has 0 amide bonds. The summed E-state index contributed by atoms with van der Waals surface area (Å²) in [6.45, 7) is 2.81. The number of aromatic hydroxyl groups is 1. The number of rotatable bonds is 6. The van der Waals surface area contributed by atoms with Crippen LogP contribution < -0.4 is 0 Å². The van der Waals surface area contributed by atoms with Gasteiger partial charge in [-0.15, -0.1) is 0 Å². The van der Waals surface area contributed by atoms with Crippen LogP contribution in [0.2, 0.25) is 0 Å². The van der Waals surface area contributed by atoms with Crippen LogP contribution in [0, 0.1) is 6.92 Å². The van der Waals surface area contributed by atoms with Gasteiger partial charge in [0.2, 0.25) is 5.88 Å². The fourth-order valence-corrected chi connectivity index (χ4v) is 4.72. The minimum absolute atomic E-state index is 0.0238. The van der Waals surface area contributed by atoms with E-state index in [2.05, 4.69) is 10.3 Å². The number of alkyl halides is 1. The fraction of sp³-hybridized carbons (Fsp3) is 0.389. The van der Waals surface area contributed by atoms with Gasteiger partial charge >= 0.3 is 0 Å². The van der Waals surface area contributed by atoms with Crippen molar-refractivity contribution < 1.29 is 27.5 Å². The normalized spacial score (nSPS) is 16.8. The van der Waals surface area contributed by atoms with Crippen LogP contribution in [0.5, 0.6) is 5.88 Å². The van der Waals surface area contributed by atoms with Crippen molar-refractivity contribution in [2.45, 2.75) is 31.7 Å². The van der Waals surface area contributed by atoms with Gasteiger partial charge in [0, 0.05) is 24.1 Å². The number of halogens is 1. The molecule has 0 unspecified atom stereocenters. The first kappa shape index (κ1) is 20.0. The zero-order valence-electron chi connectivity index (χ0n) is 15.5. The molecule has 1 aromatic heterocycles. The summed E-state index contributed by atoms with van der Waals surface area (Å²) >= 11 is 0. The molecule has 0 spiro atoms. The van der Waals surface area contributed by atoms with Gasteiger partial charge in [-0.25, -0.2) is 17.5 Å². The third-order valence-electron chi connectivity index (χ3n) is 4.60. The summed E-state index contributed by atoms with van der Waals surface area (Å²) < 4.78 is 38.5. The predicted molar refractivity (Wildman–Crippen MR) is 99.3 cm³/mol. The van der Waals surface area contributed by atoms with Crippen molar-refractivity contribution in [3.63, 3.8) is 0 Å². The number of fused-ring (bicyclic) bond motifs is 1. The second-order valence-electron chi connectivity index (χ2n) is 6.27. The highest BCUT2D eigenvalue weighted by Crippen LogP contribution is 2.32. The number of carbonyl (C=O) groups excluding carboxylic acids is 1. The van der Waals surface area contributed by atoms with Crippen LogP contribution in [0.4, 0.5) is 4.39 Å². The molecule has 10 heteroatoms. The molecule has 0 bridgehead atoms. The first-order chi connectivity index (χ1) is 13.3. The Labute approximate surface area is 161 Å². The second-order valence-corrected chi connectivity index (χ2v) is 8.34. The Kier molecular flexibility index (Phi) is 5.50. The molecule has 8 nitrogen and oxygen atoms in total. The third kappa shape index (κ3) is 3.39. The molecule has 1 N–H and O–H groups in total. The van der Waals surface area contributed by atoms with Crippen LogP contribution >= 0.6 is 0 Å². The highest BCUT2D eigenvalue weighted by Gasteiger charge is 2.32. The maximum absolute atomic E-state index is 12.9. The number of sulfone groups is 1. The molecule has 0 atom stereocenters. The molecular weight excluding hydrogens is 389 g/mol. The van der Waals surface area contributed by atoms with E-state index in [1.807, 2.05) is 0 Å². The zero-order valence-corrected chi connectivity index (χ0v) is 16.3. The number of benzene rings is 1. The summed E-state index contributed by atoms with van der Waals surface area (Å²) in [7, 11) is -3.53. The van der Waals surface area contributed by atoms with E-state index in [4.69, 9.17) is 4.84 Å². The van der Waals surface area contributed by atoms with Crippen molar-refractivity contribution in [2.75, 3.05) is 19.0 Å². The lowest BCUT2D eigenvalue weighted by molar-refractivity contribution is 0.103. The van der Waals surface area contributed by atoms with Crippen LogP contribution in [0.3, 0.4) is 0 Å². The van der Waals surface area contributed by atoms with Crippen LogP contribution in [0.15, 0.2) is 28.4 Å². The Balaban J connectivity index is 2.13. The summed E-state index contributed by atoms with van der Waals surface area (Å²) in [6.07, 6.45) is 1.37. The maximum atomic E-state index is 12.9. The third-order valence-corrected chi connectivity index (χ3v) is 6.35. The average Bonchev–Trinajstić information content (AvgIpc) is 3.04. The summed E-state index contributed by atoms with van der Waals surface area (Å²) in [4.78, 5) is 17.9. The predicted octanol–water partition coefficient (Wildman–Crippen LogP) is 2.02. The molecule has 1 aromatic carbocycles. The number of aryl methyl sites for hydroxylation is 1. The minimum atomic E-state index is -3.53. The molecule has 2 aromatic rings. The van der Waals surface area contributed by atoms with Gasteiger partial charge < -0.3 is 9.94 Å². The average molecular weight is 409 g/mol. The van der Waals surface area contributed by atoms with Gasteiger partial charge in [0.25, 0.3) is 0 Å². The van der Waals surface area contributed by atoms with Crippen LogP contribution in [0.25, 0.3) is 0 Å². The van der Waals surface area contributed by atoms with E-state index in [0.717, 1.165) is 0 Å². The zero-order chi connectivity index (χ0) is 20.5. The number of carbonyl (C=O) groups is 1. The highest BCUT2D eigenvalue weighted by atomic mass is 32.2. The molecule has 3 rings (SSSR count). The van der Waals surface area contributed by atoms with Gasteiger partial charge in [-0.05, 0) is 31.5 Å². The van der Waals surface area contributed by atoms with Crippen molar-refractivity contribution in [1.82, 2.24) is 9.78 Å². The molecule has 1 aliphatic rings. The number of aromatic nitrogens is 2. The lowest BCUT2D eigenvalue weighted by Gasteiger charge is -2.21. The van der Waals surface area contributed by atoms with Gasteiger partial charge in [-0.2, -0.15) is 5.10 Å². The van der Waals surface area contributed by atoms with Crippen LogP contribution in [-0.4, -0.2) is 53.8 Å². The van der Waals surface area contributed by atoms with E-state index in [0.29, 0.717) is 23.4 Å². The second kappa shape index (κ2) is 7.70. The Morgan fingerprint density at radius 3 is 2.79 bits per heavy atom. The quantitative estimate of drug-likeness (QED) is 0.444. The number of hydrogen-bond donors (Lipinski definition) is 1. The van der Waals surface area contributed by atoms with Gasteiger partial charge in [0.1, 0.15) is 18.8 Å². The largest absolute Gasteiger partial charge is 0.493 e. The lowest BCUT2D eigenvalue weighted by Crippen LogP contribution is -2.24. The van der Waals surface area contributed by atoms with Crippen molar-refractivity contribution in [2.24, 2.45) is 5.16 Å². The van der Waals surface area contributed by atoms with Gasteiger partial charge in [0.15, 0.2) is 15.6 Å². The monoisotopic (exact) mass is 409 g/mol. The van der Waals surface area contributed by atoms with E-state index in [9.17, 15) is 22.7 Å². The van der Waals surface area contributed by atoms with Gasteiger partial charge in [-0.1, -0.05) is 5.16 Å². The molecular formula is C18H20FN3O5S. The first-order valence-corrected chi connectivity index (χ1v) is 10.4. The molecule has 0 saturated carbocycles. The maximum Gasteiger partial charge on any atom is 0.220 e. The van der Waals surface area contributed by atoms with Crippen molar-refractivity contribution in [3.8, 4) is 5.88 Å². The Hall–Kier alpha value is -2.75. The fourth-order valence-electron chi connectivity index (χ4n) is 3.18. The van der Waals surface area contributed by atoms with E-state index < -0.39 is 22.3 Å². The summed E-state index contributed by atoms with van der Waals surface area (Å²) in [6, 6.07) is 2.78. The smallest absolute Gasteiger partial charge is 0.220 e. The lowest BCUT2D eigenvalue weighted by atomic mass is 9.93. The number of nitrogens with zero attached hydrogens (tertiary/aromatic N) is 3. The van der Waals surface area contributed by atoms with E-state index in [-0.39, 0.29) is 40.7 Å². The molecule has 0 saturated heterocycles. The van der Waals surface area contributed by atoms with Crippen molar-refractivity contribution in [3.05, 3.63) is 40.6 Å². The number of hydrogen-bond acceptors (Lipinski definition) is 7. The first-order valence-electron chi connectivity index (χ1n) is 8.72. The van der Waals surface area contributed by atoms with Crippen molar-refractivity contribution >= 4 is 21.3 Å². The summed E-state index contributed by atoms with van der Waals surface area (Å²) in [5, 5.41) is 18.0. The molecule has 0 fully saturated rings. The molecule has 2 heterocycles. The molecule has 28 heavy (non-hydrogen) atoms. The van der Waals surface area contributed by atoms with Crippen molar-refractivity contribution in [1.29, 1.82) is 0 Å². The van der Waals surface area contributed by atoms with Crippen LogP contribution in [0.1, 0.15) is 40.4 Å². The molecule has 0 aliphatic carbocycles. The van der Waals surface area contributed by atoms with E-state index in [1.165, 1.54) is 23.0 Å². The molecule has 1 aliphatic heterocycles. The Morgan fingerprint density at radius 2 is 2.14 bits per heavy atom. The van der Waals surface area contributed by atoms with Gasteiger partial charge in [0.05, 0.1) is 22.6 Å². The SMILES string of the molecule is CCn1ncc(C(=O)c2ccc3c(c2C)/C(=N/OCCF)CCS3(=O)=O)c1O. The summed E-state index contributed by atoms with van der Waals surface area (Å²) in [5.41, 5.74) is 1.28. The van der Waals surface area contributed by atoms with E-state index in [1.54, 1.807) is 13.8 Å². The molecule has 150 valence electrons. The Morgan fingerprint density at radius 1 is 1.39 bits per heavy atom. The van der Waals surface area contributed by atoms with Crippen LogP contribution in [-0.2, 0) is 21.2 Å². The number of ketones is 1. The van der Waals surface area contributed by atoms with E-state index >= 15 is 0 Å². The summed E-state index contributed by atoms with van der Waals surface area (Å²) in [5.74, 6) is -0.879. The number of oxime groups is 1.